The lowest BCUT2D eigenvalue weighted by Crippen LogP contribution is -2.24. The molecule has 0 bridgehead atoms. The first kappa shape index (κ1) is 20.8. The molecule has 4 rings (SSSR count). The molecular formula is C22H16ClN3O4S. The molecule has 0 aliphatic rings. The van der Waals surface area contributed by atoms with Gasteiger partial charge in [0.2, 0.25) is 10.0 Å². The fraction of sp³-hybridized carbons (Fsp3) is 0. The molecule has 3 N–H and O–H groups in total. The van der Waals surface area contributed by atoms with Gasteiger partial charge in [-0.15, -0.1) is 0 Å². The van der Waals surface area contributed by atoms with Crippen molar-refractivity contribution < 1.29 is 18.0 Å². The van der Waals surface area contributed by atoms with Crippen LogP contribution in [0.3, 0.4) is 0 Å². The van der Waals surface area contributed by atoms with Crippen LogP contribution in [0.1, 0.15) is 10.5 Å². The van der Waals surface area contributed by atoms with E-state index in [0.29, 0.717) is 10.6 Å². The molecule has 0 saturated carbocycles. The summed E-state index contributed by atoms with van der Waals surface area (Å²) in [5, 5.41) is 8.13. The molecule has 0 radical (unpaired) electrons. The molecule has 0 fully saturated rings. The number of nitrogens with two attached hydrogens (primary N) is 1. The van der Waals surface area contributed by atoms with Gasteiger partial charge in [-0.1, -0.05) is 29.8 Å². The number of sulfonamides is 1. The monoisotopic (exact) mass is 453 g/mol. The second-order valence-corrected chi connectivity index (χ2v) is 8.76. The van der Waals surface area contributed by atoms with Crippen molar-refractivity contribution in [2.24, 2.45) is 5.14 Å². The third-order valence-corrected chi connectivity index (χ3v) is 5.88. The minimum absolute atomic E-state index is 0.0977. The topological polar surface area (TPSA) is 111 Å². The van der Waals surface area contributed by atoms with Gasteiger partial charge in [0.1, 0.15) is 5.69 Å². The molecule has 4 aromatic rings. The normalized spacial score (nSPS) is 11.4. The van der Waals surface area contributed by atoms with Gasteiger partial charge < -0.3 is 9.72 Å². The summed E-state index contributed by atoms with van der Waals surface area (Å²) in [5.74, 6) is -1.60. The number of halogens is 1. The number of benzene rings is 2. The Kier molecular flexibility index (Phi) is 5.36. The van der Waals surface area contributed by atoms with Crippen molar-refractivity contribution in [1.82, 2.24) is 4.40 Å². The number of primary sulfonamides is 1. The van der Waals surface area contributed by atoms with Crippen LogP contribution >= 0.6 is 11.6 Å². The maximum absolute atomic E-state index is 13.1. The van der Waals surface area contributed by atoms with Crippen LogP contribution < -0.4 is 10.5 Å². The molecular weight excluding hydrogens is 438 g/mol. The van der Waals surface area contributed by atoms with E-state index in [9.17, 15) is 18.0 Å². The van der Waals surface area contributed by atoms with Gasteiger partial charge in [0.05, 0.1) is 4.90 Å². The van der Waals surface area contributed by atoms with Crippen molar-refractivity contribution in [3.63, 3.8) is 0 Å². The van der Waals surface area contributed by atoms with Crippen molar-refractivity contribution in [2.45, 2.75) is 4.90 Å². The van der Waals surface area contributed by atoms with Crippen LogP contribution in [0.25, 0.3) is 16.6 Å². The van der Waals surface area contributed by atoms with E-state index in [1.807, 2.05) is 18.2 Å². The minimum atomic E-state index is -3.86. The molecule has 7 nitrogen and oxygen atoms in total. The molecule has 2 aromatic carbocycles. The summed E-state index contributed by atoms with van der Waals surface area (Å²) in [4.78, 5) is 25.8. The van der Waals surface area contributed by atoms with E-state index in [4.69, 9.17) is 16.7 Å². The molecule has 0 aliphatic carbocycles. The molecule has 2 aromatic heterocycles. The maximum atomic E-state index is 13.1. The Balaban J connectivity index is 1.70. The van der Waals surface area contributed by atoms with E-state index in [1.165, 1.54) is 24.3 Å². The number of amides is 1. The first-order valence-electron chi connectivity index (χ1n) is 9.08. The van der Waals surface area contributed by atoms with Crippen LogP contribution in [0.2, 0.25) is 5.02 Å². The Bertz CT molecular complexity index is 1410. The number of ketones is 1. The second-order valence-electron chi connectivity index (χ2n) is 6.76. The summed E-state index contributed by atoms with van der Waals surface area (Å²) in [6, 6.07) is 19.5. The molecule has 0 aliphatic heterocycles. The largest absolute Gasteiger partial charge is 0.319 e. The van der Waals surface area contributed by atoms with Crippen LogP contribution in [-0.4, -0.2) is 24.5 Å². The van der Waals surface area contributed by atoms with Crippen molar-refractivity contribution in [2.75, 3.05) is 5.32 Å². The molecule has 9 heteroatoms. The number of carbonyl (C=O) groups excluding carboxylic acids is 2. The molecule has 1 amide bonds. The number of hydrogen-bond acceptors (Lipinski definition) is 4. The number of anilines is 1. The lowest BCUT2D eigenvalue weighted by Gasteiger charge is -2.08. The van der Waals surface area contributed by atoms with Crippen LogP contribution in [0.4, 0.5) is 5.69 Å². The average Bonchev–Trinajstić information content (AvgIpc) is 3.13. The Hall–Kier alpha value is -3.46. The Morgan fingerprint density at radius 2 is 1.61 bits per heavy atom. The zero-order valence-corrected chi connectivity index (χ0v) is 17.5. The van der Waals surface area contributed by atoms with Gasteiger partial charge in [-0.25, -0.2) is 13.6 Å². The predicted octanol–water partition coefficient (Wildman–Crippen LogP) is 3.73. The molecule has 0 atom stereocenters. The standard InChI is InChI=1S/C22H16ClN3O4S/c23-15-6-4-14(5-7-15)19-13-17-3-1-2-12-26(17)20(19)21(27)22(28)25-16-8-10-18(11-9-16)31(24,29)30/h1-13H,(H,25,28)(H2,24,29,30). The number of fused-ring (bicyclic) bond motifs is 1. The molecule has 31 heavy (non-hydrogen) atoms. The number of hydrogen-bond donors (Lipinski definition) is 2. The average molecular weight is 454 g/mol. The smallest absolute Gasteiger partial charge is 0.298 e. The number of nitrogens with zero attached hydrogens (tertiary/aromatic N) is 1. The summed E-state index contributed by atoms with van der Waals surface area (Å²) < 4.78 is 24.4. The summed E-state index contributed by atoms with van der Waals surface area (Å²) in [5.41, 5.74) is 2.55. The van der Waals surface area contributed by atoms with Crippen LogP contribution in [-0.2, 0) is 14.8 Å². The van der Waals surface area contributed by atoms with Crippen molar-refractivity contribution in [3.05, 3.63) is 89.7 Å². The maximum Gasteiger partial charge on any atom is 0.298 e. The Morgan fingerprint density at radius 3 is 2.26 bits per heavy atom. The number of pyridine rings is 1. The quantitative estimate of drug-likeness (QED) is 0.354. The van der Waals surface area contributed by atoms with Crippen molar-refractivity contribution in [1.29, 1.82) is 0 Å². The van der Waals surface area contributed by atoms with Crippen LogP contribution in [0, 0.1) is 0 Å². The summed E-state index contributed by atoms with van der Waals surface area (Å²) >= 11 is 5.98. The molecule has 0 spiro atoms. The number of aromatic nitrogens is 1. The molecule has 156 valence electrons. The lowest BCUT2D eigenvalue weighted by molar-refractivity contribution is -0.112. The van der Waals surface area contributed by atoms with E-state index < -0.39 is 21.7 Å². The highest BCUT2D eigenvalue weighted by Crippen LogP contribution is 2.29. The van der Waals surface area contributed by atoms with Crippen LogP contribution in [0.5, 0.6) is 0 Å². The summed E-state index contributed by atoms with van der Waals surface area (Å²) in [6.45, 7) is 0. The van der Waals surface area contributed by atoms with Gasteiger partial charge in [0, 0.05) is 28.0 Å². The number of rotatable bonds is 5. The predicted molar refractivity (Wildman–Crippen MR) is 119 cm³/mol. The number of Topliss-reactive ketones (excluding diaryl/α,β-unsaturated/α-hetero) is 1. The van der Waals surface area contributed by atoms with Gasteiger partial charge in [0.15, 0.2) is 0 Å². The van der Waals surface area contributed by atoms with Gasteiger partial charge >= 0.3 is 0 Å². The zero-order chi connectivity index (χ0) is 22.2. The van der Waals surface area contributed by atoms with Gasteiger partial charge in [-0.05, 0) is 60.2 Å². The highest BCUT2D eigenvalue weighted by Gasteiger charge is 2.25. The van der Waals surface area contributed by atoms with Gasteiger partial charge in [-0.2, -0.15) is 0 Å². The fourth-order valence-electron chi connectivity index (χ4n) is 3.23. The van der Waals surface area contributed by atoms with Gasteiger partial charge in [-0.3, -0.25) is 9.59 Å². The van der Waals surface area contributed by atoms with E-state index >= 15 is 0 Å². The summed E-state index contributed by atoms with van der Waals surface area (Å²) in [7, 11) is -3.86. The second kappa shape index (κ2) is 7.99. The fourth-order valence-corrected chi connectivity index (χ4v) is 3.87. The van der Waals surface area contributed by atoms with E-state index in [0.717, 1.165) is 11.1 Å². The Morgan fingerprint density at radius 1 is 0.935 bits per heavy atom. The van der Waals surface area contributed by atoms with E-state index in [-0.39, 0.29) is 16.3 Å². The van der Waals surface area contributed by atoms with Crippen LogP contribution in [0.15, 0.2) is 83.9 Å². The molecule has 2 heterocycles. The Labute approximate surface area is 183 Å². The first-order valence-corrected chi connectivity index (χ1v) is 11.0. The van der Waals surface area contributed by atoms with E-state index in [1.54, 1.807) is 40.9 Å². The van der Waals surface area contributed by atoms with Crippen molar-refractivity contribution in [3.8, 4) is 11.1 Å². The SMILES string of the molecule is NS(=O)(=O)c1ccc(NC(=O)C(=O)c2c(-c3ccc(Cl)cc3)cc3ccccn23)cc1. The first-order chi connectivity index (χ1) is 14.7. The van der Waals surface area contributed by atoms with Crippen molar-refractivity contribution >= 4 is 44.5 Å². The summed E-state index contributed by atoms with van der Waals surface area (Å²) in [6.07, 6.45) is 1.70. The number of carbonyl (C=O) groups is 2. The third-order valence-electron chi connectivity index (χ3n) is 4.70. The molecule has 0 saturated heterocycles. The molecule has 0 unspecified atom stereocenters. The lowest BCUT2D eigenvalue weighted by atomic mass is 10.0. The minimum Gasteiger partial charge on any atom is -0.319 e. The van der Waals surface area contributed by atoms with E-state index in [2.05, 4.69) is 5.32 Å². The highest BCUT2D eigenvalue weighted by atomic mass is 35.5. The van der Waals surface area contributed by atoms with Gasteiger partial charge in [0.25, 0.3) is 11.7 Å². The highest BCUT2D eigenvalue weighted by molar-refractivity contribution is 7.89. The third kappa shape index (κ3) is 4.22. The number of nitrogens with one attached hydrogen (secondary N) is 1. The zero-order valence-electron chi connectivity index (χ0n) is 15.9.